The number of fused-ring (bicyclic) bond motifs is 1. The topological polar surface area (TPSA) is 52.6 Å². The van der Waals surface area contributed by atoms with E-state index in [0.29, 0.717) is 25.2 Å². The number of hydrogen-bond acceptors (Lipinski definition) is 4. The number of hydrogen-bond donors (Lipinski definition) is 0. The maximum atomic E-state index is 12.5. The van der Waals surface area contributed by atoms with Gasteiger partial charge >= 0.3 is 11.9 Å². The van der Waals surface area contributed by atoms with Crippen LogP contribution in [-0.4, -0.2) is 25.2 Å². The average molecular weight is 314 g/mol. The Morgan fingerprint density at radius 1 is 1.00 bits per heavy atom. The maximum absolute atomic E-state index is 12.5. The summed E-state index contributed by atoms with van der Waals surface area (Å²) in [4.78, 5) is 24.3. The van der Waals surface area contributed by atoms with Gasteiger partial charge in [0.2, 0.25) is 0 Å². The summed E-state index contributed by atoms with van der Waals surface area (Å²) in [7, 11) is 0. The second-order valence-electron chi connectivity index (χ2n) is 5.17. The minimum Gasteiger partial charge on any atom is -0.466 e. The highest BCUT2D eigenvalue weighted by Crippen LogP contribution is 2.28. The van der Waals surface area contributed by atoms with E-state index in [1.165, 1.54) is 0 Å². The summed E-state index contributed by atoms with van der Waals surface area (Å²) in [6.07, 6.45) is 0.808. The lowest BCUT2D eigenvalue weighted by molar-refractivity contribution is -0.142. The Hall–Kier alpha value is -2.36. The molecule has 23 heavy (non-hydrogen) atoms. The van der Waals surface area contributed by atoms with Crippen LogP contribution in [0.1, 0.15) is 42.3 Å². The quantitative estimate of drug-likeness (QED) is 0.763. The van der Waals surface area contributed by atoms with E-state index >= 15 is 0 Å². The molecule has 0 aliphatic heterocycles. The van der Waals surface area contributed by atoms with Crippen LogP contribution in [0.15, 0.2) is 30.3 Å². The molecule has 0 saturated carbocycles. The molecule has 0 saturated heterocycles. The summed E-state index contributed by atoms with van der Waals surface area (Å²) in [5.41, 5.74) is 2.25. The molecular weight excluding hydrogens is 292 g/mol. The van der Waals surface area contributed by atoms with Gasteiger partial charge in [-0.25, -0.2) is 4.79 Å². The van der Waals surface area contributed by atoms with Gasteiger partial charge in [0.15, 0.2) is 0 Å². The molecular formula is C19H22O4. The molecule has 0 amide bonds. The van der Waals surface area contributed by atoms with Gasteiger partial charge in [-0.2, -0.15) is 0 Å². The summed E-state index contributed by atoms with van der Waals surface area (Å²) in [6.45, 7) is 6.20. The molecule has 0 heterocycles. The van der Waals surface area contributed by atoms with Crippen LogP contribution in [0.3, 0.4) is 0 Å². The smallest absolute Gasteiger partial charge is 0.339 e. The van der Waals surface area contributed by atoms with Crippen molar-refractivity contribution in [3.05, 3.63) is 47.0 Å². The molecule has 4 nitrogen and oxygen atoms in total. The highest BCUT2D eigenvalue weighted by Gasteiger charge is 2.20. The van der Waals surface area contributed by atoms with E-state index < -0.39 is 0 Å². The van der Waals surface area contributed by atoms with Gasteiger partial charge in [0, 0.05) is 0 Å². The van der Waals surface area contributed by atoms with Gasteiger partial charge in [-0.3, -0.25) is 4.79 Å². The number of rotatable bonds is 6. The summed E-state index contributed by atoms with van der Waals surface area (Å²) in [5, 5.41) is 1.78. The van der Waals surface area contributed by atoms with Gasteiger partial charge in [0.1, 0.15) is 0 Å². The van der Waals surface area contributed by atoms with E-state index in [1.807, 2.05) is 37.3 Å². The van der Waals surface area contributed by atoms with Gasteiger partial charge in [-0.1, -0.05) is 37.3 Å². The number of esters is 2. The van der Waals surface area contributed by atoms with Gasteiger partial charge in [0.05, 0.1) is 25.2 Å². The number of benzene rings is 2. The molecule has 0 aliphatic carbocycles. The number of carbonyl (C=O) groups excluding carboxylic acids is 2. The standard InChI is InChI=1S/C19H22O4/c1-4-15-14(12-17(20)22-5-2)11-13-9-7-8-10-16(13)18(15)19(21)23-6-3/h7-11H,4-6,12H2,1-3H3. The molecule has 0 N–H and O–H groups in total. The third-order valence-electron chi connectivity index (χ3n) is 3.72. The molecule has 0 spiro atoms. The van der Waals surface area contributed by atoms with Crippen LogP contribution in [0.5, 0.6) is 0 Å². The van der Waals surface area contributed by atoms with E-state index in [0.717, 1.165) is 21.9 Å². The molecule has 122 valence electrons. The Morgan fingerprint density at radius 3 is 2.35 bits per heavy atom. The van der Waals surface area contributed by atoms with E-state index in [9.17, 15) is 9.59 Å². The van der Waals surface area contributed by atoms with Crippen LogP contribution in [0.25, 0.3) is 10.8 Å². The lowest BCUT2D eigenvalue weighted by atomic mass is 9.91. The van der Waals surface area contributed by atoms with Crippen LogP contribution < -0.4 is 0 Å². The zero-order valence-electron chi connectivity index (χ0n) is 13.8. The van der Waals surface area contributed by atoms with Crippen molar-refractivity contribution >= 4 is 22.7 Å². The first-order chi connectivity index (χ1) is 11.1. The zero-order valence-corrected chi connectivity index (χ0v) is 13.8. The fourth-order valence-electron chi connectivity index (χ4n) is 2.81. The minimum absolute atomic E-state index is 0.161. The van der Waals surface area contributed by atoms with Crippen molar-refractivity contribution in [1.29, 1.82) is 0 Å². The molecule has 0 aromatic heterocycles. The van der Waals surface area contributed by atoms with Crippen LogP contribution in [-0.2, 0) is 27.1 Å². The second-order valence-corrected chi connectivity index (χ2v) is 5.17. The van der Waals surface area contributed by atoms with E-state index in [-0.39, 0.29) is 18.4 Å². The molecule has 0 bridgehead atoms. The SMILES string of the molecule is CCOC(=O)Cc1cc2ccccc2c(C(=O)OCC)c1CC. The van der Waals surface area contributed by atoms with Crippen molar-refractivity contribution in [2.75, 3.05) is 13.2 Å². The Labute approximate surface area is 136 Å². The fraction of sp³-hybridized carbons (Fsp3) is 0.368. The van der Waals surface area contributed by atoms with Crippen molar-refractivity contribution in [2.24, 2.45) is 0 Å². The van der Waals surface area contributed by atoms with Crippen molar-refractivity contribution in [3.63, 3.8) is 0 Å². The predicted molar refractivity (Wildman–Crippen MR) is 89.6 cm³/mol. The first kappa shape index (κ1) is 17.0. The van der Waals surface area contributed by atoms with Crippen molar-refractivity contribution in [2.45, 2.75) is 33.6 Å². The summed E-state index contributed by atoms with van der Waals surface area (Å²) in [6, 6.07) is 9.63. The van der Waals surface area contributed by atoms with Gasteiger partial charge in [0.25, 0.3) is 0 Å². The zero-order chi connectivity index (χ0) is 16.8. The molecule has 0 fully saturated rings. The Morgan fingerprint density at radius 2 is 1.70 bits per heavy atom. The molecule has 0 aliphatic rings. The molecule has 2 aromatic carbocycles. The molecule has 2 aromatic rings. The summed E-state index contributed by atoms with van der Waals surface area (Å²) < 4.78 is 10.3. The van der Waals surface area contributed by atoms with Crippen LogP contribution >= 0.6 is 0 Å². The lowest BCUT2D eigenvalue weighted by Crippen LogP contribution is -2.14. The van der Waals surface area contributed by atoms with Crippen molar-refractivity contribution in [3.8, 4) is 0 Å². The van der Waals surface area contributed by atoms with Crippen molar-refractivity contribution in [1.82, 2.24) is 0 Å². The van der Waals surface area contributed by atoms with Crippen LogP contribution in [0.2, 0.25) is 0 Å². The molecule has 0 radical (unpaired) electrons. The third-order valence-corrected chi connectivity index (χ3v) is 3.72. The van der Waals surface area contributed by atoms with Crippen molar-refractivity contribution < 1.29 is 19.1 Å². The fourth-order valence-corrected chi connectivity index (χ4v) is 2.81. The van der Waals surface area contributed by atoms with Gasteiger partial charge in [-0.15, -0.1) is 0 Å². The van der Waals surface area contributed by atoms with Gasteiger partial charge in [-0.05, 0) is 42.2 Å². The third kappa shape index (κ3) is 3.70. The predicted octanol–water partition coefficient (Wildman–Crippen LogP) is 3.68. The molecule has 2 rings (SSSR count). The molecule has 4 heteroatoms. The minimum atomic E-state index is -0.341. The first-order valence-corrected chi connectivity index (χ1v) is 7.98. The van der Waals surface area contributed by atoms with Crippen LogP contribution in [0, 0.1) is 0 Å². The monoisotopic (exact) mass is 314 g/mol. The second kappa shape index (κ2) is 7.77. The van der Waals surface area contributed by atoms with Crippen LogP contribution in [0.4, 0.5) is 0 Å². The van der Waals surface area contributed by atoms with E-state index in [2.05, 4.69) is 0 Å². The Kier molecular flexibility index (Phi) is 5.74. The first-order valence-electron chi connectivity index (χ1n) is 7.98. The highest BCUT2D eigenvalue weighted by atomic mass is 16.5. The maximum Gasteiger partial charge on any atom is 0.339 e. The van der Waals surface area contributed by atoms with Gasteiger partial charge < -0.3 is 9.47 Å². The lowest BCUT2D eigenvalue weighted by Gasteiger charge is -2.16. The molecule has 0 atom stereocenters. The largest absolute Gasteiger partial charge is 0.466 e. The number of ether oxygens (including phenoxy) is 2. The van der Waals surface area contributed by atoms with E-state index in [4.69, 9.17) is 9.47 Å². The average Bonchev–Trinajstić information content (AvgIpc) is 2.53. The summed E-state index contributed by atoms with van der Waals surface area (Å²) >= 11 is 0. The highest BCUT2D eigenvalue weighted by molar-refractivity contribution is 6.06. The number of carbonyl (C=O) groups is 2. The van der Waals surface area contributed by atoms with E-state index in [1.54, 1.807) is 13.8 Å². The Bertz CT molecular complexity index is 719. The normalized spacial score (nSPS) is 10.6. The molecule has 0 unspecified atom stereocenters. The summed E-state index contributed by atoms with van der Waals surface area (Å²) in [5.74, 6) is -0.626. The Balaban J connectivity index is 2.63.